The second-order valence-electron chi connectivity index (χ2n) is 6.84. The number of aromatic amines is 1. The van der Waals surface area contributed by atoms with Gasteiger partial charge in [-0.3, -0.25) is 5.10 Å². The molecule has 1 saturated heterocycles. The number of hydrogen-bond donors (Lipinski definition) is 1. The lowest BCUT2D eigenvalue weighted by molar-refractivity contribution is -0.0366. The van der Waals surface area contributed by atoms with Gasteiger partial charge < -0.3 is 14.2 Å². The monoisotopic (exact) mass is 571 g/mol. The SMILES string of the molecule is COc1c(Br)ccc2[nH]ncc12.COc1c(Br)ccc2c1cnn2C1CCCCO1.[2H]P. The van der Waals surface area contributed by atoms with Crippen LogP contribution in [0, 0.1) is 0 Å². The van der Waals surface area contributed by atoms with Gasteiger partial charge in [0.1, 0.15) is 11.5 Å². The summed E-state index contributed by atoms with van der Waals surface area (Å²) >= 11 is 6.89. The number of aromatic nitrogens is 4. The predicted octanol–water partition coefficient (Wildman–Crippen LogP) is 5.90. The number of nitrogens with one attached hydrogen (secondary N) is 1. The van der Waals surface area contributed by atoms with Crippen LogP contribution in [-0.2, 0) is 4.74 Å². The molecule has 1 N–H and O–H groups in total. The predicted molar refractivity (Wildman–Crippen MR) is 134 cm³/mol. The molecule has 0 bridgehead atoms. The van der Waals surface area contributed by atoms with E-state index < -0.39 is 0 Å². The van der Waals surface area contributed by atoms with Crippen LogP contribution in [0.3, 0.4) is 0 Å². The minimum Gasteiger partial charge on any atom is -0.495 e. The summed E-state index contributed by atoms with van der Waals surface area (Å²) in [5.74, 6) is 1.65. The fourth-order valence-corrected chi connectivity index (χ4v) is 4.61. The lowest BCUT2D eigenvalue weighted by Crippen LogP contribution is -2.18. The van der Waals surface area contributed by atoms with Gasteiger partial charge in [0.15, 0.2) is 6.23 Å². The van der Waals surface area contributed by atoms with Gasteiger partial charge in [-0.05, 0) is 75.4 Å². The van der Waals surface area contributed by atoms with Crippen molar-refractivity contribution < 1.29 is 14.2 Å². The Morgan fingerprint density at radius 3 is 2.45 bits per heavy atom. The first-order valence-electron chi connectivity index (χ1n) is 10.2. The molecule has 2 aromatic heterocycles. The quantitative estimate of drug-likeness (QED) is 0.309. The van der Waals surface area contributed by atoms with E-state index in [9.17, 15) is 0 Å². The molecule has 0 amide bonds. The normalized spacial score (nSPS) is 16.0. The molecule has 3 heterocycles. The van der Waals surface area contributed by atoms with E-state index in [2.05, 4.69) is 47.2 Å². The van der Waals surface area contributed by atoms with Gasteiger partial charge in [-0.25, -0.2) is 4.68 Å². The molecule has 0 saturated carbocycles. The van der Waals surface area contributed by atoms with Gasteiger partial charge in [0.05, 0.1) is 58.6 Å². The van der Waals surface area contributed by atoms with Crippen LogP contribution in [0.15, 0.2) is 45.6 Å². The van der Waals surface area contributed by atoms with Crippen LogP contribution in [0.4, 0.5) is 0 Å². The second-order valence-corrected chi connectivity index (χ2v) is 8.54. The maximum absolute atomic E-state index is 5.78. The second kappa shape index (κ2) is 10.8. The Morgan fingerprint density at radius 2 is 1.77 bits per heavy atom. The molecule has 5 rings (SSSR count). The van der Waals surface area contributed by atoms with Crippen LogP contribution in [0.2, 0.25) is 0 Å². The van der Waals surface area contributed by atoms with Crippen molar-refractivity contribution >= 4 is 63.5 Å². The molecule has 10 heteroatoms. The van der Waals surface area contributed by atoms with Crippen molar-refractivity contribution in [3.8, 4) is 11.5 Å². The number of hydrogen-bond acceptors (Lipinski definition) is 5. The summed E-state index contributed by atoms with van der Waals surface area (Å²) in [6.07, 6.45) is 7.01. The van der Waals surface area contributed by atoms with Crippen molar-refractivity contribution in [2.45, 2.75) is 25.5 Å². The van der Waals surface area contributed by atoms with Gasteiger partial charge in [-0.2, -0.15) is 20.0 Å². The van der Waals surface area contributed by atoms with Crippen molar-refractivity contribution in [2.24, 2.45) is 0 Å². The van der Waals surface area contributed by atoms with E-state index in [0.717, 1.165) is 61.7 Å². The number of halogens is 2. The molecule has 31 heavy (non-hydrogen) atoms. The van der Waals surface area contributed by atoms with Crippen LogP contribution in [-0.4, -0.2) is 42.1 Å². The van der Waals surface area contributed by atoms with Gasteiger partial charge in [0, 0.05) is 6.61 Å². The first-order chi connectivity index (χ1) is 15.6. The van der Waals surface area contributed by atoms with Crippen molar-refractivity contribution in [3.05, 3.63) is 45.6 Å². The highest BCUT2D eigenvalue weighted by Gasteiger charge is 2.20. The average Bonchev–Trinajstić information content (AvgIpc) is 3.48. The molecule has 1 aliphatic heterocycles. The average molecular weight is 573 g/mol. The summed E-state index contributed by atoms with van der Waals surface area (Å²) in [7, 11) is 4.99. The topological polar surface area (TPSA) is 74.2 Å². The molecule has 1 aliphatic rings. The lowest BCUT2D eigenvalue weighted by Gasteiger charge is -2.23. The largest absolute Gasteiger partial charge is 0.495 e. The summed E-state index contributed by atoms with van der Waals surface area (Å²) in [4.78, 5) is 0. The molecule has 2 atom stereocenters. The minimum absolute atomic E-state index is 0.0575. The van der Waals surface area contributed by atoms with Crippen molar-refractivity contribution in [1.82, 2.24) is 20.0 Å². The smallest absolute Gasteiger partial charge is 0.150 e. The number of nitrogens with zero attached hydrogens (tertiary/aromatic N) is 3. The zero-order valence-corrected chi connectivity index (χ0v) is 21.6. The number of ether oxygens (including phenoxy) is 3. The molecular formula is C21H25Br2N4O3P. The van der Waals surface area contributed by atoms with Gasteiger partial charge in [-0.1, -0.05) is 0 Å². The Bertz CT molecular complexity index is 1160. The van der Waals surface area contributed by atoms with E-state index in [1.807, 2.05) is 35.1 Å². The van der Waals surface area contributed by atoms with Crippen molar-refractivity contribution in [1.29, 1.82) is 1.28 Å². The Balaban J connectivity index is 0.000000180. The number of rotatable bonds is 3. The van der Waals surface area contributed by atoms with Crippen molar-refractivity contribution in [3.63, 3.8) is 0 Å². The van der Waals surface area contributed by atoms with E-state index in [1.165, 1.54) is 6.42 Å². The molecule has 0 spiro atoms. The number of H-pyrrole nitrogens is 1. The summed E-state index contributed by atoms with van der Waals surface area (Å²) in [6.45, 7) is 0.819. The number of benzene rings is 2. The van der Waals surface area contributed by atoms with Gasteiger partial charge in [-0.15, -0.1) is 0 Å². The molecule has 4 aromatic rings. The Morgan fingerprint density at radius 1 is 1.06 bits per heavy atom. The number of fused-ring (bicyclic) bond motifs is 2. The molecular weight excluding hydrogens is 547 g/mol. The first-order valence-corrected chi connectivity index (χ1v) is 11.2. The third kappa shape index (κ3) is 4.90. The van der Waals surface area contributed by atoms with E-state index in [1.54, 1.807) is 30.3 Å². The Hall–Kier alpha value is -1.67. The zero-order valence-electron chi connectivity index (χ0n) is 18.3. The summed E-state index contributed by atoms with van der Waals surface area (Å²) in [6, 6.07) is 7.92. The van der Waals surface area contributed by atoms with E-state index in [0.29, 0.717) is 0 Å². The fourth-order valence-electron chi connectivity index (χ4n) is 3.60. The highest BCUT2D eigenvalue weighted by molar-refractivity contribution is 9.11. The third-order valence-electron chi connectivity index (χ3n) is 5.05. The van der Waals surface area contributed by atoms with Crippen LogP contribution >= 0.6 is 41.7 Å². The van der Waals surface area contributed by atoms with E-state index >= 15 is 0 Å². The van der Waals surface area contributed by atoms with E-state index in [4.69, 9.17) is 15.5 Å². The standard InChI is InChI=1S/C13H15BrN2O2.C8H7BrN2O.H3P/c1-17-13-9-8-15-16(11(9)6-5-10(13)14)12-4-2-3-7-18-12;1-12-8-5-4-10-11-7(5)3-2-6(8)9;/h5-6,8,12H,2-4,7H2,1H3;2-4H,1H3,(H,10,11);1H3/i;;1D. The molecule has 2 aromatic carbocycles. The van der Waals surface area contributed by atoms with Gasteiger partial charge in [0.2, 0.25) is 0 Å². The highest BCUT2D eigenvalue weighted by atomic mass is 79.9. The first kappa shape index (κ1) is 22.5. The maximum Gasteiger partial charge on any atom is 0.150 e. The molecule has 166 valence electrons. The Labute approximate surface area is 202 Å². The molecule has 1 fully saturated rings. The van der Waals surface area contributed by atoms with Gasteiger partial charge >= 0.3 is 0 Å². The minimum atomic E-state index is 0.0575. The molecule has 2 unspecified atom stereocenters. The van der Waals surface area contributed by atoms with Crippen molar-refractivity contribution in [2.75, 3.05) is 20.8 Å². The van der Waals surface area contributed by atoms with Gasteiger partial charge in [0.25, 0.3) is 0 Å². The molecule has 0 radical (unpaired) electrons. The zero-order chi connectivity index (χ0) is 23.1. The number of methoxy groups -OCH3 is 2. The highest BCUT2D eigenvalue weighted by Crippen LogP contribution is 2.35. The molecule has 7 nitrogen and oxygen atoms in total. The third-order valence-corrected chi connectivity index (χ3v) is 6.30. The summed E-state index contributed by atoms with van der Waals surface area (Å²) < 4.78 is 25.9. The van der Waals surface area contributed by atoms with E-state index in [-0.39, 0.29) is 6.23 Å². The van der Waals surface area contributed by atoms with Crippen LogP contribution < -0.4 is 9.47 Å². The lowest BCUT2D eigenvalue weighted by atomic mass is 10.2. The maximum atomic E-state index is 5.78. The van der Waals surface area contributed by atoms with Crippen LogP contribution in [0.25, 0.3) is 21.8 Å². The van der Waals surface area contributed by atoms with Crippen LogP contribution in [0.5, 0.6) is 11.5 Å². The molecule has 0 aliphatic carbocycles. The Kier molecular flexibility index (Phi) is 7.82. The fraction of sp³-hybridized carbons (Fsp3) is 0.333. The van der Waals surface area contributed by atoms with Crippen LogP contribution in [0.1, 0.15) is 25.5 Å². The summed E-state index contributed by atoms with van der Waals surface area (Å²) in [5, 5.41) is 13.3. The summed E-state index contributed by atoms with van der Waals surface area (Å²) in [5.41, 5.74) is 2.04.